The summed E-state index contributed by atoms with van der Waals surface area (Å²) < 4.78 is 5.92. The molecule has 0 saturated carbocycles. The molecular formula is C15H19ClO2Si. The molecule has 1 rings (SSSR count). The van der Waals surface area contributed by atoms with Crippen LogP contribution < -0.4 is 0 Å². The number of hydrogen-bond donors (Lipinski definition) is 0. The zero-order valence-electron chi connectivity index (χ0n) is 12.0. The Morgan fingerprint density at radius 2 is 1.74 bits per heavy atom. The van der Waals surface area contributed by atoms with Crippen LogP contribution in [0.4, 0.5) is 0 Å². The molecule has 0 atom stereocenters. The van der Waals surface area contributed by atoms with E-state index in [9.17, 15) is 4.79 Å². The molecule has 0 N–H and O–H groups in total. The third-order valence-corrected chi connectivity index (χ3v) is 3.52. The largest absolute Gasteiger partial charge is 0.402 e. The molecular weight excluding hydrogens is 276 g/mol. The van der Waals surface area contributed by atoms with Crippen LogP contribution in [0, 0.1) is 11.8 Å². The van der Waals surface area contributed by atoms with Crippen LogP contribution in [0.5, 0.6) is 0 Å². The summed E-state index contributed by atoms with van der Waals surface area (Å²) in [5.41, 5.74) is -0.0623. The van der Waals surface area contributed by atoms with Crippen LogP contribution in [0.3, 0.4) is 0 Å². The maximum absolute atomic E-state index is 11.9. The lowest BCUT2D eigenvalue weighted by Gasteiger charge is -2.28. The second-order valence-electron chi connectivity index (χ2n) is 5.81. The number of carbonyl (C=O) groups is 1. The molecule has 102 valence electrons. The molecule has 0 radical (unpaired) electrons. The predicted octanol–water partition coefficient (Wildman–Crippen LogP) is 4.16. The lowest BCUT2D eigenvalue weighted by Crippen LogP contribution is -2.37. The van der Waals surface area contributed by atoms with Gasteiger partial charge < -0.3 is 4.43 Å². The van der Waals surface area contributed by atoms with Crippen molar-refractivity contribution in [1.82, 2.24) is 0 Å². The van der Waals surface area contributed by atoms with Gasteiger partial charge in [-0.3, -0.25) is 4.79 Å². The van der Waals surface area contributed by atoms with Gasteiger partial charge in [-0.25, -0.2) is 0 Å². The third-order valence-electron chi connectivity index (χ3n) is 2.14. The lowest BCUT2D eigenvalue weighted by atomic mass is 10.1. The monoisotopic (exact) mass is 294 g/mol. The van der Waals surface area contributed by atoms with E-state index in [2.05, 4.69) is 31.5 Å². The zero-order chi connectivity index (χ0) is 14.7. The Labute approximate surface area is 121 Å². The quantitative estimate of drug-likeness (QED) is 0.362. The molecule has 0 bridgehead atoms. The minimum atomic E-state index is -1.68. The topological polar surface area (TPSA) is 26.3 Å². The van der Waals surface area contributed by atoms with Crippen molar-refractivity contribution in [3.63, 3.8) is 0 Å². The van der Waals surface area contributed by atoms with E-state index in [0.29, 0.717) is 10.6 Å². The second-order valence-corrected chi connectivity index (χ2v) is 10.7. The molecule has 0 aliphatic heterocycles. The molecule has 0 aromatic heterocycles. The van der Waals surface area contributed by atoms with Crippen molar-refractivity contribution < 1.29 is 9.22 Å². The molecule has 4 heteroatoms. The van der Waals surface area contributed by atoms with Gasteiger partial charge in [0.1, 0.15) is 5.60 Å². The van der Waals surface area contributed by atoms with Crippen molar-refractivity contribution in [1.29, 1.82) is 0 Å². The molecule has 1 aromatic rings. The zero-order valence-corrected chi connectivity index (χ0v) is 13.8. The van der Waals surface area contributed by atoms with Crippen molar-refractivity contribution >= 4 is 25.7 Å². The van der Waals surface area contributed by atoms with Gasteiger partial charge in [0.15, 0.2) is 8.32 Å². The molecule has 0 amide bonds. The summed E-state index contributed by atoms with van der Waals surface area (Å²) in [6.07, 6.45) is 0. The fourth-order valence-corrected chi connectivity index (χ4v) is 3.38. The predicted molar refractivity (Wildman–Crippen MR) is 82.1 cm³/mol. The molecule has 0 saturated heterocycles. The minimum absolute atomic E-state index is 0.219. The maximum atomic E-state index is 11.9. The van der Waals surface area contributed by atoms with E-state index in [1.54, 1.807) is 24.3 Å². The first-order valence-corrected chi connectivity index (χ1v) is 9.91. The highest BCUT2D eigenvalue weighted by Crippen LogP contribution is 2.16. The van der Waals surface area contributed by atoms with Crippen molar-refractivity contribution in [2.75, 3.05) is 0 Å². The van der Waals surface area contributed by atoms with Crippen LogP contribution in [0.2, 0.25) is 24.7 Å². The summed E-state index contributed by atoms with van der Waals surface area (Å²) in [7, 11) is -1.68. The molecule has 0 spiro atoms. The van der Waals surface area contributed by atoms with Crippen molar-refractivity contribution in [3.8, 4) is 11.8 Å². The van der Waals surface area contributed by atoms with Gasteiger partial charge in [0.05, 0.1) is 0 Å². The first kappa shape index (κ1) is 16.0. The average molecular weight is 295 g/mol. The molecule has 0 unspecified atom stereocenters. The van der Waals surface area contributed by atoms with Gasteiger partial charge in [-0.1, -0.05) is 17.5 Å². The average Bonchev–Trinajstić information content (AvgIpc) is 2.24. The normalized spacial score (nSPS) is 11.7. The number of hydrogen-bond acceptors (Lipinski definition) is 2. The Hall–Kier alpha value is -1.08. The van der Waals surface area contributed by atoms with Gasteiger partial charge in [0.2, 0.25) is 5.78 Å². The summed E-state index contributed by atoms with van der Waals surface area (Å²) in [5, 5.41) is 0.604. The highest BCUT2D eigenvalue weighted by molar-refractivity contribution is 6.69. The van der Waals surface area contributed by atoms with Crippen LogP contribution in [0.1, 0.15) is 24.2 Å². The molecule has 0 fully saturated rings. The molecule has 19 heavy (non-hydrogen) atoms. The Balaban J connectivity index is 2.82. The summed E-state index contributed by atoms with van der Waals surface area (Å²) in [4.78, 5) is 11.9. The first-order valence-electron chi connectivity index (χ1n) is 6.12. The standard InChI is InChI=1S/C15H19ClO2Si/c1-15(2,18-19(3,4)5)11-10-14(17)12-6-8-13(16)9-7-12/h6-9H,1-5H3. The molecule has 0 aliphatic carbocycles. The lowest BCUT2D eigenvalue weighted by molar-refractivity contribution is 0.105. The second kappa shape index (κ2) is 5.92. The van der Waals surface area contributed by atoms with Gasteiger partial charge in [0, 0.05) is 10.6 Å². The highest BCUT2D eigenvalue weighted by Gasteiger charge is 2.25. The van der Waals surface area contributed by atoms with E-state index in [1.165, 1.54) is 0 Å². The summed E-state index contributed by atoms with van der Waals surface area (Å²) >= 11 is 5.78. The Kier molecular flexibility index (Phi) is 4.97. The minimum Gasteiger partial charge on any atom is -0.402 e. The summed E-state index contributed by atoms with van der Waals surface area (Å²) in [6, 6.07) is 6.71. The van der Waals surface area contributed by atoms with Crippen LogP contribution >= 0.6 is 11.6 Å². The van der Waals surface area contributed by atoms with Gasteiger partial charge in [0.25, 0.3) is 0 Å². The molecule has 2 nitrogen and oxygen atoms in total. The molecule has 1 aromatic carbocycles. The fraction of sp³-hybridized carbons (Fsp3) is 0.400. The fourth-order valence-electron chi connectivity index (χ4n) is 1.67. The van der Waals surface area contributed by atoms with Crippen molar-refractivity contribution in [2.24, 2.45) is 0 Å². The van der Waals surface area contributed by atoms with Crippen LogP contribution in [-0.4, -0.2) is 19.7 Å². The maximum Gasteiger partial charge on any atom is 0.235 e. The Morgan fingerprint density at radius 1 is 1.21 bits per heavy atom. The van der Waals surface area contributed by atoms with E-state index < -0.39 is 13.9 Å². The van der Waals surface area contributed by atoms with E-state index in [1.807, 2.05) is 13.8 Å². The van der Waals surface area contributed by atoms with Gasteiger partial charge >= 0.3 is 0 Å². The highest BCUT2D eigenvalue weighted by atomic mass is 35.5. The number of ketones is 1. The third kappa shape index (κ3) is 6.06. The number of rotatable bonds is 3. The number of Topliss-reactive ketones (excluding diaryl/α,β-unsaturated/α-hetero) is 1. The van der Waals surface area contributed by atoms with Crippen molar-refractivity contribution in [2.45, 2.75) is 39.1 Å². The van der Waals surface area contributed by atoms with E-state index in [0.717, 1.165) is 0 Å². The van der Waals surface area contributed by atoms with Crippen LogP contribution in [0.25, 0.3) is 0 Å². The van der Waals surface area contributed by atoms with Gasteiger partial charge in [-0.2, -0.15) is 0 Å². The Morgan fingerprint density at radius 3 is 2.21 bits per heavy atom. The molecule has 0 heterocycles. The summed E-state index contributed by atoms with van der Waals surface area (Å²) in [6.45, 7) is 10.0. The van der Waals surface area contributed by atoms with E-state index in [4.69, 9.17) is 16.0 Å². The van der Waals surface area contributed by atoms with Gasteiger partial charge in [-0.15, -0.1) is 0 Å². The first-order chi connectivity index (χ1) is 8.59. The number of carbonyl (C=O) groups excluding carboxylic acids is 1. The van der Waals surface area contributed by atoms with Gasteiger partial charge in [-0.05, 0) is 63.7 Å². The summed E-state index contributed by atoms with van der Waals surface area (Å²) in [5.74, 6) is 5.34. The smallest absolute Gasteiger partial charge is 0.235 e. The molecule has 0 aliphatic rings. The van der Waals surface area contributed by atoms with Crippen LogP contribution in [0.15, 0.2) is 24.3 Å². The van der Waals surface area contributed by atoms with E-state index >= 15 is 0 Å². The SMILES string of the molecule is CC(C)(C#CC(=O)c1ccc(Cl)cc1)O[Si](C)(C)C. The van der Waals surface area contributed by atoms with E-state index in [-0.39, 0.29) is 5.78 Å². The van der Waals surface area contributed by atoms with Crippen LogP contribution in [-0.2, 0) is 4.43 Å². The Bertz CT molecular complexity index is 516. The number of benzene rings is 1. The van der Waals surface area contributed by atoms with Crippen molar-refractivity contribution in [3.05, 3.63) is 34.9 Å². The number of halogens is 1.